The molecule has 3 N–H and O–H groups in total. The zero-order chi connectivity index (χ0) is 46.3. The van der Waals surface area contributed by atoms with Crippen LogP contribution in [0.1, 0.15) is 95.3 Å². The number of carbonyl (C=O) groups is 1. The molecule has 0 aromatic heterocycles. The van der Waals surface area contributed by atoms with E-state index in [-0.39, 0.29) is 66.8 Å². The van der Waals surface area contributed by atoms with Gasteiger partial charge < -0.3 is 62.9 Å². The molecule has 63 heavy (non-hydrogen) atoms. The number of esters is 1. The molecule has 1 aliphatic carbocycles. The molecular formula is C49H75NO13. The molecule has 14 nitrogen and oxygen atoms in total. The van der Waals surface area contributed by atoms with Crippen LogP contribution in [0.25, 0.3) is 0 Å². The van der Waals surface area contributed by atoms with Gasteiger partial charge in [0.1, 0.15) is 35.9 Å². The number of fused-ring (bicyclic) bond motifs is 2. The number of ether oxygens (including phenoxy) is 10. The van der Waals surface area contributed by atoms with Crippen molar-refractivity contribution in [1.29, 1.82) is 0 Å². The molecule has 6 heterocycles. The molecule has 0 amide bonds. The van der Waals surface area contributed by atoms with Crippen molar-refractivity contribution in [2.75, 3.05) is 27.9 Å². The van der Waals surface area contributed by atoms with Crippen LogP contribution in [0.4, 0.5) is 0 Å². The second-order valence-corrected chi connectivity index (χ2v) is 19.1. The van der Waals surface area contributed by atoms with Crippen molar-refractivity contribution in [2.24, 2.45) is 23.7 Å². The lowest BCUT2D eigenvalue weighted by molar-refractivity contribution is -0.312. The van der Waals surface area contributed by atoms with Gasteiger partial charge >= 0.3 is 5.97 Å². The summed E-state index contributed by atoms with van der Waals surface area (Å²) in [7, 11) is 5.28. The number of nitrogens with one attached hydrogen (secondary N) is 1. The van der Waals surface area contributed by atoms with Gasteiger partial charge in [-0.2, -0.15) is 0 Å². The third-order valence-corrected chi connectivity index (χ3v) is 14.7. The topological polar surface area (TPSA) is 162 Å². The highest BCUT2D eigenvalue weighted by atomic mass is 16.7. The summed E-state index contributed by atoms with van der Waals surface area (Å²) >= 11 is 0. The third kappa shape index (κ3) is 10.0. The molecule has 1 spiro atoms. The molecule has 354 valence electrons. The molecule has 14 heteroatoms. The zero-order valence-electron chi connectivity index (χ0n) is 40.2. The van der Waals surface area contributed by atoms with E-state index in [1.54, 1.807) is 27.2 Å². The monoisotopic (exact) mass is 888 g/mol. The first-order valence-electron chi connectivity index (χ1n) is 23.8. The lowest BCUT2D eigenvalue weighted by Crippen LogP contribution is -2.58. The Morgan fingerprint density at radius 1 is 0.952 bits per heavy atom. The maximum atomic E-state index is 14.4. The Morgan fingerprint density at radius 2 is 1.67 bits per heavy atom. The summed E-state index contributed by atoms with van der Waals surface area (Å²) in [4.78, 5) is 14.4. The van der Waals surface area contributed by atoms with Crippen molar-refractivity contribution in [2.45, 2.75) is 191 Å². The number of carbonyl (C=O) groups excluding carboxylic acids is 1. The number of likely N-dealkylation sites (N-methyl/N-ethyl adjacent to an activating group) is 1. The number of methoxy groups -OCH3 is 2. The van der Waals surface area contributed by atoms with E-state index < -0.39 is 78.6 Å². The Labute approximate surface area is 376 Å². The zero-order valence-corrected chi connectivity index (χ0v) is 39.2. The molecule has 0 radical (unpaired) electrons. The summed E-state index contributed by atoms with van der Waals surface area (Å²) < 4.78 is 73.2. The average Bonchev–Trinajstić information content (AvgIpc) is 3.61. The van der Waals surface area contributed by atoms with E-state index in [2.05, 4.69) is 45.2 Å². The molecule has 2 bridgehead atoms. The van der Waals surface area contributed by atoms with Crippen molar-refractivity contribution >= 4 is 5.97 Å². The van der Waals surface area contributed by atoms with Crippen LogP contribution in [-0.2, 0) is 52.2 Å². The van der Waals surface area contributed by atoms with Crippen molar-refractivity contribution in [3.63, 3.8) is 0 Å². The summed E-state index contributed by atoms with van der Waals surface area (Å²) in [5, 5.41) is 27.2. The molecule has 4 saturated heterocycles. The fraction of sp³-hybridized carbons (Fsp3) is 0.776. The molecule has 7 rings (SSSR count). The molecule has 0 aromatic rings. The van der Waals surface area contributed by atoms with Gasteiger partial charge in [0.15, 0.2) is 18.4 Å². The van der Waals surface area contributed by atoms with Gasteiger partial charge in [-0.1, -0.05) is 70.6 Å². The molecule has 0 unspecified atom stereocenters. The van der Waals surface area contributed by atoms with Gasteiger partial charge in [0.25, 0.3) is 0 Å². The maximum Gasteiger partial charge on any atom is 0.316 e. The Balaban J connectivity index is 1.19. The molecule has 7 aliphatic rings. The summed E-state index contributed by atoms with van der Waals surface area (Å²) in [6, 6.07) is 0.0353. The number of hydrogen-bond acceptors (Lipinski definition) is 14. The molecule has 20 atom stereocenters. The molecular weight excluding hydrogens is 811 g/mol. The van der Waals surface area contributed by atoms with Gasteiger partial charge in [0.05, 0.1) is 56.7 Å². The minimum Gasteiger partial charge on any atom is -0.462 e. The fourth-order valence-electron chi connectivity index (χ4n) is 10.9. The van der Waals surface area contributed by atoms with Crippen LogP contribution >= 0.6 is 0 Å². The minimum absolute atomic E-state index is 0.0353. The highest BCUT2D eigenvalue weighted by Gasteiger charge is 2.60. The molecule has 6 aliphatic heterocycles. The second-order valence-electron chi connectivity index (χ2n) is 19.1. The van der Waals surface area contributed by atoms with Crippen LogP contribution in [0.3, 0.4) is 0 Å². The predicted molar refractivity (Wildman–Crippen MR) is 234 cm³/mol. The summed E-state index contributed by atoms with van der Waals surface area (Å²) in [6.07, 6.45) is 8.32. The highest BCUT2D eigenvalue weighted by molar-refractivity contribution is 5.78. The average molecular weight is 888 g/mol. The lowest BCUT2D eigenvalue weighted by atomic mass is 9.71. The normalized spacial score (nSPS) is 49.1. The molecule has 0 aromatic carbocycles. The van der Waals surface area contributed by atoms with Crippen molar-refractivity contribution in [3.05, 3.63) is 59.3 Å². The van der Waals surface area contributed by atoms with E-state index in [1.807, 2.05) is 46.0 Å². The number of aliphatic hydroxyl groups is 2. The Morgan fingerprint density at radius 3 is 2.38 bits per heavy atom. The largest absolute Gasteiger partial charge is 0.462 e. The van der Waals surface area contributed by atoms with Gasteiger partial charge in [0.2, 0.25) is 0 Å². The van der Waals surface area contributed by atoms with Gasteiger partial charge in [-0.25, -0.2) is 0 Å². The maximum absolute atomic E-state index is 14.4. The van der Waals surface area contributed by atoms with Crippen molar-refractivity contribution in [3.8, 4) is 0 Å². The quantitative estimate of drug-likeness (QED) is 0.194. The van der Waals surface area contributed by atoms with Gasteiger partial charge in [-0.3, -0.25) is 4.79 Å². The summed E-state index contributed by atoms with van der Waals surface area (Å²) in [5.41, 5.74) is -0.550. The van der Waals surface area contributed by atoms with E-state index in [1.165, 1.54) is 6.08 Å². The van der Waals surface area contributed by atoms with Crippen molar-refractivity contribution in [1.82, 2.24) is 5.32 Å². The van der Waals surface area contributed by atoms with E-state index in [0.717, 1.165) is 12.0 Å². The molecule has 4 fully saturated rings. The Bertz CT molecular complexity index is 1800. The van der Waals surface area contributed by atoms with Crippen LogP contribution in [0, 0.1) is 23.7 Å². The van der Waals surface area contributed by atoms with E-state index >= 15 is 0 Å². The van der Waals surface area contributed by atoms with E-state index in [9.17, 15) is 15.0 Å². The first-order chi connectivity index (χ1) is 30.4. The Hall–Kier alpha value is -2.31. The minimum atomic E-state index is -2.28. The standard InChI is InChI=1S/C49H75NO13/c1-12-26(2)44-29(5)18-19-48(63-44)24-35-21-34(62-48)17-16-28(4)43(27(3)14-13-15-33-25-56-46-42(51)30(6)20-36(47(52)59-35)49(33,46)53)60-40-23-38(55-11)45(32(8)58-40)61-39-22-37(54-10)41(50-9)31(7)57-39/h13-16,18-20,26-27,29,31-32,34-46,50-51,53H,12,17,21-25H2,1-11H3/b14-13-,28-16-,33-15?/t26-,27-,29-,31-,32-,34+,35-,36-,37-,38-,39-,40-,41-,42+,43-,44+,45-,46+,48+,49+/m0/s1/i42T. The van der Waals surface area contributed by atoms with Gasteiger partial charge in [-0.15, -0.1) is 0 Å². The number of hydrogen-bond donors (Lipinski definition) is 3. The van der Waals surface area contributed by atoms with Crippen LogP contribution < -0.4 is 5.32 Å². The highest BCUT2D eigenvalue weighted by Crippen LogP contribution is 2.47. The van der Waals surface area contributed by atoms with Crippen LogP contribution in [0.5, 0.6) is 0 Å². The predicted octanol–water partition coefficient (Wildman–Crippen LogP) is 5.60. The van der Waals surface area contributed by atoms with Crippen LogP contribution in [-0.4, -0.2) is 141 Å². The second kappa shape index (κ2) is 20.3. The Kier molecular flexibility index (Phi) is 15.2. The number of allylic oxidation sites excluding steroid dienone is 2. The summed E-state index contributed by atoms with van der Waals surface area (Å²) in [6.45, 7) is 16.0. The third-order valence-electron chi connectivity index (χ3n) is 14.7. The lowest BCUT2D eigenvalue weighted by Gasteiger charge is -2.48. The van der Waals surface area contributed by atoms with Crippen LogP contribution in [0.15, 0.2) is 59.3 Å². The number of rotatable bonds is 9. The fourth-order valence-corrected chi connectivity index (χ4v) is 10.9. The smallest absolute Gasteiger partial charge is 0.316 e. The van der Waals surface area contributed by atoms with Gasteiger partial charge in [0, 0.05) is 51.7 Å². The van der Waals surface area contributed by atoms with E-state index in [4.69, 9.17) is 48.7 Å². The van der Waals surface area contributed by atoms with Crippen LogP contribution in [0.2, 0.25) is 0 Å². The first-order valence-corrected chi connectivity index (χ1v) is 23.3. The SMILES string of the molecule is [3H][C@@]1(O)C(C)=C[C@H]2C(=O)O[C@H]3C[C@@H](C/C=C(/C)[C@@H](O[C@H]4C[C@H](OC)[C@@H](O[C@H]5C[C@H](OC)[C@@H](NC)[C@H](C)O5)[C@H](C)O4)[C@@H](C)/C=C\C=C4CO[C@H]1[C@@]42O)O[C@@]1(C=C[C@H](C)[C@@H]([C@@H](C)CC)O1)C3. The van der Waals surface area contributed by atoms with Crippen molar-refractivity contribution < 1.29 is 63.7 Å². The van der Waals surface area contributed by atoms with E-state index in [0.29, 0.717) is 31.3 Å². The summed E-state index contributed by atoms with van der Waals surface area (Å²) in [5.74, 6) is -2.86. The van der Waals surface area contributed by atoms with Gasteiger partial charge in [-0.05, 0) is 69.9 Å². The molecule has 0 saturated carbocycles. The first kappa shape index (κ1) is 47.2.